The highest BCUT2D eigenvalue weighted by Crippen LogP contribution is 2.23. The van der Waals surface area contributed by atoms with Crippen LogP contribution in [0.5, 0.6) is 5.75 Å². The van der Waals surface area contributed by atoms with Gasteiger partial charge in [0, 0.05) is 32.4 Å². The molecule has 1 fully saturated rings. The minimum atomic E-state index is -0.0358. The first-order chi connectivity index (χ1) is 12.6. The van der Waals surface area contributed by atoms with E-state index in [9.17, 15) is 9.59 Å². The number of aryl methyl sites for hydroxylation is 1. The maximum Gasteiger partial charge on any atom is 0.270 e. The van der Waals surface area contributed by atoms with E-state index in [1.54, 1.807) is 24.3 Å². The average molecular weight is 355 g/mol. The quantitative estimate of drug-likeness (QED) is 0.917. The molecule has 2 aromatic rings. The van der Waals surface area contributed by atoms with Crippen LogP contribution in [-0.2, 0) is 6.42 Å². The number of rotatable bonds is 4. The normalized spacial score (nSPS) is 14.8. The third kappa shape index (κ3) is 3.74. The van der Waals surface area contributed by atoms with Crippen molar-refractivity contribution in [1.82, 2.24) is 14.8 Å². The molecule has 6 nitrogen and oxygen atoms in total. The summed E-state index contributed by atoms with van der Waals surface area (Å²) in [5, 5.41) is 0. The average Bonchev–Trinajstić information content (AvgIpc) is 3.11. The summed E-state index contributed by atoms with van der Waals surface area (Å²) in [7, 11) is 1.58. The van der Waals surface area contributed by atoms with Crippen molar-refractivity contribution in [2.24, 2.45) is 0 Å². The largest absolute Gasteiger partial charge is 0.496 e. The molecule has 1 aromatic heterocycles. The van der Waals surface area contributed by atoms with Crippen LogP contribution < -0.4 is 4.74 Å². The monoisotopic (exact) mass is 355 g/mol. The molecule has 0 bridgehead atoms. The molecule has 0 saturated carbocycles. The molecule has 0 aliphatic carbocycles. The van der Waals surface area contributed by atoms with Gasteiger partial charge < -0.3 is 19.5 Å². The van der Waals surface area contributed by atoms with Crippen LogP contribution in [0.15, 0.2) is 36.5 Å². The lowest BCUT2D eigenvalue weighted by Crippen LogP contribution is -2.37. The number of H-pyrrole nitrogens is 1. The Hall–Kier alpha value is -2.76. The predicted octanol–water partition coefficient (Wildman–Crippen LogP) is 2.57. The van der Waals surface area contributed by atoms with Gasteiger partial charge in [0.25, 0.3) is 11.8 Å². The first-order valence-electron chi connectivity index (χ1n) is 9.03. The lowest BCUT2D eigenvalue weighted by Gasteiger charge is -2.23. The Morgan fingerprint density at radius 2 is 1.81 bits per heavy atom. The van der Waals surface area contributed by atoms with Crippen molar-refractivity contribution in [2.75, 3.05) is 33.3 Å². The summed E-state index contributed by atoms with van der Waals surface area (Å²) in [6.45, 7) is 4.39. The van der Waals surface area contributed by atoms with E-state index < -0.39 is 0 Å². The van der Waals surface area contributed by atoms with Gasteiger partial charge in [0.1, 0.15) is 11.4 Å². The zero-order valence-corrected chi connectivity index (χ0v) is 15.3. The molecule has 2 amide bonds. The number of carbonyl (C=O) groups is 2. The fraction of sp³-hybridized carbons (Fsp3) is 0.400. The summed E-state index contributed by atoms with van der Waals surface area (Å²) >= 11 is 0. The van der Waals surface area contributed by atoms with E-state index in [0.717, 1.165) is 18.4 Å². The molecule has 2 heterocycles. The number of hydrogen-bond acceptors (Lipinski definition) is 3. The van der Waals surface area contributed by atoms with Gasteiger partial charge in [-0.05, 0) is 42.7 Å². The zero-order chi connectivity index (χ0) is 18.5. The first kappa shape index (κ1) is 18.0. The second-order valence-corrected chi connectivity index (χ2v) is 6.41. The Bertz CT molecular complexity index is 771. The van der Waals surface area contributed by atoms with Crippen LogP contribution in [-0.4, -0.2) is 59.9 Å². The molecule has 1 aliphatic heterocycles. The van der Waals surface area contributed by atoms with E-state index in [-0.39, 0.29) is 11.8 Å². The highest BCUT2D eigenvalue weighted by Gasteiger charge is 2.25. The molecule has 1 aliphatic rings. The molecule has 26 heavy (non-hydrogen) atoms. The zero-order valence-electron chi connectivity index (χ0n) is 15.3. The Morgan fingerprint density at radius 3 is 2.42 bits per heavy atom. The van der Waals surface area contributed by atoms with Crippen LogP contribution >= 0.6 is 0 Å². The van der Waals surface area contributed by atoms with Crippen molar-refractivity contribution >= 4 is 11.8 Å². The number of aromatic nitrogens is 1. The van der Waals surface area contributed by atoms with E-state index in [1.807, 2.05) is 29.2 Å². The Balaban J connectivity index is 1.73. The van der Waals surface area contributed by atoms with Crippen molar-refractivity contribution in [2.45, 2.75) is 19.8 Å². The van der Waals surface area contributed by atoms with E-state index >= 15 is 0 Å². The van der Waals surface area contributed by atoms with E-state index in [2.05, 4.69) is 11.9 Å². The smallest absolute Gasteiger partial charge is 0.270 e. The summed E-state index contributed by atoms with van der Waals surface area (Å²) in [5.74, 6) is 0.539. The molecule has 1 N–H and O–H groups in total. The summed E-state index contributed by atoms with van der Waals surface area (Å²) in [4.78, 5) is 32.1. The van der Waals surface area contributed by atoms with Gasteiger partial charge in [-0.3, -0.25) is 9.59 Å². The van der Waals surface area contributed by atoms with Crippen LogP contribution in [0.4, 0.5) is 0 Å². The second kappa shape index (κ2) is 8.08. The van der Waals surface area contributed by atoms with Gasteiger partial charge in [-0.2, -0.15) is 0 Å². The van der Waals surface area contributed by atoms with Crippen molar-refractivity contribution in [3.8, 4) is 5.75 Å². The number of carbonyl (C=O) groups excluding carboxylic acids is 2. The molecule has 3 rings (SSSR count). The predicted molar refractivity (Wildman–Crippen MR) is 99.6 cm³/mol. The fourth-order valence-corrected chi connectivity index (χ4v) is 3.27. The molecule has 138 valence electrons. The summed E-state index contributed by atoms with van der Waals surface area (Å²) in [6, 6.07) is 9.33. The van der Waals surface area contributed by atoms with Crippen LogP contribution in [0.2, 0.25) is 0 Å². The van der Waals surface area contributed by atoms with Gasteiger partial charge in [0.15, 0.2) is 0 Å². The van der Waals surface area contributed by atoms with E-state index in [4.69, 9.17) is 4.74 Å². The Morgan fingerprint density at radius 1 is 1.08 bits per heavy atom. The van der Waals surface area contributed by atoms with Gasteiger partial charge in [-0.25, -0.2) is 0 Å². The van der Waals surface area contributed by atoms with Gasteiger partial charge in [0.05, 0.1) is 12.7 Å². The molecular weight excluding hydrogens is 330 g/mol. The SMILES string of the molecule is CCc1ccc(OC)c(C(=O)N2CCCN(C(=O)c3ccc[nH]3)CC2)c1. The maximum absolute atomic E-state index is 13.0. The van der Waals surface area contributed by atoms with Crippen LogP contribution in [0.1, 0.15) is 39.8 Å². The molecule has 1 aromatic carbocycles. The van der Waals surface area contributed by atoms with Crippen molar-refractivity contribution in [3.63, 3.8) is 0 Å². The second-order valence-electron chi connectivity index (χ2n) is 6.41. The number of aromatic amines is 1. The van der Waals surface area contributed by atoms with Crippen LogP contribution in [0.25, 0.3) is 0 Å². The third-order valence-electron chi connectivity index (χ3n) is 4.80. The lowest BCUT2D eigenvalue weighted by atomic mass is 10.1. The fourth-order valence-electron chi connectivity index (χ4n) is 3.27. The molecule has 6 heteroatoms. The minimum Gasteiger partial charge on any atom is -0.496 e. The number of methoxy groups -OCH3 is 1. The lowest BCUT2D eigenvalue weighted by molar-refractivity contribution is 0.0714. The van der Waals surface area contributed by atoms with Crippen molar-refractivity contribution in [3.05, 3.63) is 53.3 Å². The van der Waals surface area contributed by atoms with E-state index in [0.29, 0.717) is 43.2 Å². The molecule has 0 radical (unpaired) electrons. The number of ether oxygens (including phenoxy) is 1. The van der Waals surface area contributed by atoms with Gasteiger partial charge in [-0.1, -0.05) is 13.0 Å². The number of nitrogens with one attached hydrogen (secondary N) is 1. The Kier molecular flexibility index (Phi) is 5.61. The molecule has 0 spiro atoms. The number of amides is 2. The van der Waals surface area contributed by atoms with Crippen molar-refractivity contribution in [1.29, 1.82) is 0 Å². The topological polar surface area (TPSA) is 65.6 Å². The van der Waals surface area contributed by atoms with E-state index in [1.165, 1.54) is 0 Å². The summed E-state index contributed by atoms with van der Waals surface area (Å²) in [5.41, 5.74) is 2.28. The van der Waals surface area contributed by atoms with Gasteiger partial charge in [0.2, 0.25) is 0 Å². The van der Waals surface area contributed by atoms with Gasteiger partial charge in [-0.15, -0.1) is 0 Å². The van der Waals surface area contributed by atoms with Crippen LogP contribution in [0.3, 0.4) is 0 Å². The number of hydrogen-bond donors (Lipinski definition) is 1. The third-order valence-corrected chi connectivity index (χ3v) is 4.80. The minimum absolute atomic E-state index is 0.0186. The highest BCUT2D eigenvalue weighted by molar-refractivity contribution is 5.97. The molecule has 1 saturated heterocycles. The van der Waals surface area contributed by atoms with Gasteiger partial charge >= 0.3 is 0 Å². The van der Waals surface area contributed by atoms with Crippen LogP contribution in [0, 0.1) is 0 Å². The number of benzene rings is 1. The summed E-state index contributed by atoms with van der Waals surface area (Å²) in [6.07, 6.45) is 3.37. The maximum atomic E-state index is 13.0. The molecule has 0 atom stereocenters. The molecule has 0 unspecified atom stereocenters. The first-order valence-corrected chi connectivity index (χ1v) is 9.03. The summed E-state index contributed by atoms with van der Waals surface area (Å²) < 4.78 is 5.38. The highest BCUT2D eigenvalue weighted by atomic mass is 16.5. The Labute approximate surface area is 153 Å². The van der Waals surface area contributed by atoms with Crippen molar-refractivity contribution < 1.29 is 14.3 Å². The standard InChI is InChI=1S/C20H25N3O3/c1-3-15-7-8-18(26-2)16(14-15)19(24)22-10-5-11-23(13-12-22)20(25)17-6-4-9-21-17/h4,6-9,14,21H,3,5,10-13H2,1-2H3. The number of nitrogens with zero attached hydrogens (tertiary/aromatic N) is 2. The molecular formula is C20H25N3O3.